The van der Waals surface area contributed by atoms with Crippen LogP contribution >= 0.6 is 0 Å². The number of nitrogens with zero attached hydrogens (tertiary/aromatic N) is 2. The highest BCUT2D eigenvalue weighted by molar-refractivity contribution is 6.06. The van der Waals surface area contributed by atoms with E-state index in [1.54, 1.807) is 0 Å². The van der Waals surface area contributed by atoms with Crippen molar-refractivity contribution < 1.29 is 14.4 Å². The highest BCUT2D eigenvalue weighted by Crippen LogP contribution is 2.34. The van der Waals surface area contributed by atoms with Crippen LogP contribution in [-0.4, -0.2) is 46.3 Å². The summed E-state index contributed by atoms with van der Waals surface area (Å²) in [5.41, 5.74) is 3.62. The van der Waals surface area contributed by atoms with Crippen LogP contribution in [0.25, 0.3) is 0 Å². The van der Waals surface area contributed by atoms with Gasteiger partial charge in [-0.15, -0.1) is 0 Å². The van der Waals surface area contributed by atoms with Gasteiger partial charge in [0.1, 0.15) is 6.04 Å². The topological polar surface area (TPSA) is 69.7 Å². The molecule has 2 saturated heterocycles. The van der Waals surface area contributed by atoms with Gasteiger partial charge in [0.15, 0.2) is 0 Å². The predicted molar refractivity (Wildman–Crippen MR) is 110 cm³/mol. The minimum atomic E-state index is -0.724. The van der Waals surface area contributed by atoms with E-state index in [1.165, 1.54) is 16.0 Å². The van der Waals surface area contributed by atoms with Crippen LogP contribution in [0.1, 0.15) is 74.1 Å². The fourth-order valence-corrected chi connectivity index (χ4v) is 5.05. The van der Waals surface area contributed by atoms with Gasteiger partial charge in [-0.2, -0.15) is 0 Å². The molecule has 6 nitrogen and oxygen atoms in total. The van der Waals surface area contributed by atoms with Crippen molar-refractivity contribution in [1.29, 1.82) is 0 Å². The second kappa shape index (κ2) is 8.17. The molecule has 0 radical (unpaired) electrons. The van der Waals surface area contributed by atoms with E-state index >= 15 is 0 Å². The van der Waals surface area contributed by atoms with Crippen LogP contribution in [0.15, 0.2) is 18.2 Å². The van der Waals surface area contributed by atoms with Crippen LogP contribution in [-0.2, 0) is 9.59 Å². The Kier molecular flexibility index (Phi) is 5.61. The van der Waals surface area contributed by atoms with Crippen molar-refractivity contribution in [2.24, 2.45) is 0 Å². The molecular weight excluding hydrogens is 366 g/mol. The summed E-state index contributed by atoms with van der Waals surface area (Å²) < 4.78 is 0. The van der Waals surface area contributed by atoms with Crippen LogP contribution in [0.5, 0.6) is 0 Å². The third-order valence-corrected chi connectivity index (χ3v) is 6.86. The minimum Gasteiger partial charge on any atom is -0.336 e. The van der Waals surface area contributed by atoms with E-state index in [-0.39, 0.29) is 36.3 Å². The first-order valence-electron chi connectivity index (χ1n) is 11.0. The lowest BCUT2D eigenvalue weighted by Gasteiger charge is -2.29. The van der Waals surface area contributed by atoms with Gasteiger partial charge in [0.05, 0.1) is 12.5 Å². The molecule has 2 aliphatic heterocycles. The molecule has 6 heteroatoms. The number of benzene rings is 1. The molecule has 3 aliphatic rings. The first-order valence-corrected chi connectivity index (χ1v) is 11.0. The van der Waals surface area contributed by atoms with Crippen LogP contribution in [0.3, 0.4) is 0 Å². The lowest BCUT2D eigenvalue weighted by atomic mass is 9.94. The van der Waals surface area contributed by atoms with Gasteiger partial charge in [0.2, 0.25) is 5.91 Å². The van der Waals surface area contributed by atoms with Crippen molar-refractivity contribution in [2.75, 3.05) is 6.54 Å². The van der Waals surface area contributed by atoms with E-state index in [9.17, 15) is 14.4 Å². The zero-order valence-corrected chi connectivity index (χ0v) is 17.4. The van der Waals surface area contributed by atoms with Gasteiger partial charge in [-0.25, -0.2) is 4.79 Å². The Balaban J connectivity index is 1.43. The maximum Gasteiger partial charge on any atom is 0.325 e. The van der Waals surface area contributed by atoms with Crippen molar-refractivity contribution in [1.82, 2.24) is 15.1 Å². The van der Waals surface area contributed by atoms with E-state index in [0.717, 1.165) is 50.5 Å². The fourth-order valence-electron chi connectivity index (χ4n) is 5.05. The van der Waals surface area contributed by atoms with Gasteiger partial charge in [0, 0.05) is 12.6 Å². The maximum absolute atomic E-state index is 13.1. The number of likely N-dealkylation sites (tertiary alicyclic amines) is 1. The number of rotatable bonds is 4. The first-order chi connectivity index (χ1) is 14.0. The highest BCUT2D eigenvalue weighted by Gasteiger charge is 2.44. The Morgan fingerprint density at radius 1 is 1.03 bits per heavy atom. The molecule has 2 heterocycles. The number of nitrogens with one attached hydrogen (secondary N) is 1. The average Bonchev–Trinajstić information content (AvgIpc) is 3.30. The van der Waals surface area contributed by atoms with Crippen molar-refractivity contribution >= 4 is 17.8 Å². The number of aryl methyl sites for hydroxylation is 2. The third-order valence-electron chi connectivity index (χ3n) is 6.86. The number of urea groups is 1. The zero-order valence-electron chi connectivity index (χ0n) is 17.4. The summed E-state index contributed by atoms with van der Waals surface area (Å²) in [5, 5.41) is 2.77. The molecule has 1 saturated carbocycles. The Morgan fingerprint density at radius 3 is 2.52 bits per heavy atom. The van der Waals surface area contributed by atoms with Crippen molar-refractivity contribution in [2.45, 2.75) is 83.3 Å². The van der Waals surface area contributed by atoms with Gasteiger partial charge < -0.3 is 10.2 Å². The lowest BCUT2D eigenvalue weighted by molar-refractivity contribution is -0.137. The molecule has 1 N–H and O–H groups in total. The Morgan fingerprint density at radius 2 is 1.79 bits per heavy atom. The molecular formula is C23H31N3O3. The summed E-state index contributed by atoms with van der Waals surface area (Å²) in [4.78, 5) is 41.7. The van der Waals surface area contributed by atoms with Crippen LogP contribution in [0.2, 0.25) is 0 Å². The minimum absolute atomic E-state index is 0.00794. The van der Waals surface area contributed by atoms with Gasteiger partial charge in [-0.05, 0) is 56.2 Å². The number of hydrogen-bond donors (Lipinski definition) is 1. The van der Waals surface area contributed by atoms with E-state index in [0.29, 0.717) is 6.54 Å². The molecule has 0 aromatic heterocycles. The number of imide groups is 1. The monoisotopic (exact) mass is 397 g/mol. The van der Waals surface area contributed by atoms with Gasteiger partial charge in [0.25, 0.3) is 5.91 Å². The standard InChI is InChI=1S/C23H31N3O3/c1-15-10-11-17(13-16(15)2)20-9-6-12-25(20)21(27)14-19-22(28)26(23(29)24-19)18-7-4-3-5-8-18/h10-11,13,18-20H,3-9,12,14H2,1-2H3,(H,24,29)/t19-,20-/m0/s1. The fraction of sp³-hybridized carbons (Fsp3) is 0.609. The molecule has 29 heavy (non-hydrogen) atoms. The number of hydrogen-bond acceptors (Lipinski definition) is 3. The molecule has 0 unspecified atom stereocenters. The summed E-state index contributed by atoms with van der Waals surface area (Å²) in [7, 11) is 0. The van der Waals surface area contributed by atoms with E-state index in [1.807, 2.05) is 4.90 Å². The van der Waals surface area contributed by atoms with Crippen LogP contribution in [0, 0.1) is 13.8 Å². The smallest absolute Gasteiger partial charge is 0.325 e. The van der Waals surface area contributed by atoms with Crippen LogP contribution in [0.4, 0.5) is 4.79 Å². The van der Waals surface area contributed by atoms with Gasteiger partial charge in [-0.3, -0.25) is 14.5 Å². The first kappa shape index (κ1) is 19.9. The molecule has 1 aromatic rings. The Hall–Kier alpha value is -2.37. The second-order valence-corrected chi connectivity index (χ2v) is 8.80. The lowest BCUT2D eigenvalue weighted by Crippen LogP contribution is -2.42. The molecule has 2 atom stereocenters. The summed E-state index contributed by atoms with van der Waals surface area (Å²) in [6.07, 6.45) is 6.97. The summed E-state index contributed by atoms with van der Waals surface area (Å²) in [5.74, 6) is -0.271. The normalized spacial score (nSPS) is 25.6. The number of amides is 4. The molecule has 0 spiro atoms. The summed E-state index contributed by atoms with van der Waals surface area (Å²) in [6, 6.07) is 5.37. The summed E-state index contributed by atoms with van der Waals surface area (Å²) >= 11 is 0. The molecule has 3 fully saturated rings. The van der Waals surface area contributed by atoms with E-state index in [4.69, 9.17) is 0 Å². The molecule has 1 aliphatic carbocycles. The number of carbonyl (C=O) groups is 3. The largest absolute Gasteiger partial charge is 0.336 e. The molecule has 156 valence electrons. The van der Waals surface area contributed by atoms with Crippen LogP contribution < -0.4 is 5.32 Å². The van der Waals surface area contributed by atoms with Gasteiger partial charge in [-0.1, -0.05) is 37.5 Å². The predicted octanol–water partition coefficient (Wildman–Crippen LogP) is 3.61. The Labute approximate surface area is 172 Å². The van der Waals surface area contributed by atoms with Crippen molar-refractivity contribution in [3.8, 4) is 0 Å². The van der Waals surface area contributed by atoms with Gasteiger partial charge >= 0.3 is 6.03 Å². The Bertz CT molecular complexity index is 816. The zero-order chi connectivity index (χ0) is 20.5. The number of carbonyl (C=O) groups excluding carboxylic acids is 3. The molecule has 0 bridgehead atoms. The van der Waals surface area contributed by atoms with E-state index in [2.05, 4.69) is 37.4 Å². The van der Waals surface area contributed by atoms with Crippen molar-refractivity contribution in [3.05, 3.63) is 34.9 Å². The molecule has 4 rings (SSSR count). The van der Waals surface area contributed by atoms with Crippen molar-refractivity contribution in [3.63, 3.8) is 0 Å². The summed E-state index contributed by atoms with van der Waals surface area (Å²) in [6.45, 7) is 4.88. The highest BCUT2D eigenvalue weighted by atomic mass is 16.2. The third kappa shape index (κ3) is 3.89. The quantitative estimate of drug-likeness (QED) is 0.789. The van der Waals surface area contributed by atoms with E-state index < -0.39 is 6.04 Å². The maximum atomic E-state index is 13.1. The average molecular weight is 398 g/mol. The SMILES string of the molecule is Cc1ccc([C@@H]2CCCN2C(=O)C[C@@H]2NC(=O)N(C3CCCCC3)C2=O)cc1C. The molecule has 1 aromatic carbocycles. The second-order valence-electron chi connectivity index (χ2n) is 8.80. The molecule has 4 amide bonds.